The van der Waals surface area contributed by atoms with Gasteiger partial charge in [0.1, 0.15) is 0 Å². The molecule has 0 spiro atoms. The Hall–Kier alpha value is -1.58. The molecular weight excluding hydrogens is 230 g/mol. The van der Waals surface area contributed by atoms with Crippen molar-refractivity contribution in [3.63, 3.8) is 0 Å². The van der Waals surface area contributed by atoms with Crippen molar-refractivity contribution >= 4 is 6.09 Å². The van der Waals surface area contributed by atoms with E-state index in [1.165, 1.54) is 31.9 Å². The van der Waals surface area contributed by atoms with Gasteiger partial charge in [-0.15, -0.1) is 0 Å². The molecule has 0 fully saturated rings. The van der Waals surface area contributed by atoms with Gasteiger partial charge in [0.25, 0.3) is 5.56 Å². The minimum Gasteiger partial charge on any atom is -0.464 e. The molecule has 0 aromatic carbocycles. The van der Waals surface area contributed by atoms with Crippen LogP contribution in [0.15, 0.2) is 23.1 Å². The molecule has 100 valence electrons. The molecule has 0 saturated heterocycles. The van der Waals surface area contributed by atoms with Gasteiger partial charge in [0.2, 0.25) is 0 Å². The summed E-state index contributed by atoms with van der Waals surface area (Å²) < 4.78 is 0.742. The fraction of sp³-hybridized carbons (Fsp3) is 0.571. The number of carboxylic acid groups (broad SMARTS) is 1. The fourth-order valence-electron chi connectivity index (χ4n) is 1.98. The van der Waals surface area contributed by atoms with Gasteiger partial charge in [0.05, 0.1) is 0 Å². The van der Waals surface area contributed by atoms with E-state index in [1.54, 1.807) is 12.1 Å². The highest BCUT2D eigenvalue weighted by Crippen LogP contribution is 2.07. The van der Waals surface area contributed by atoms with E-state index >= 15 is 0 Å². The van der Waals surface area contributed by atoms with Crippen LogP contribution in [-0.4, -0.2) is 15.8 Å². The van der Waals surface area contributed by atoms with Gasteiger partial charge < -0.3 is 5.11 Å². The third-order valence-electron chi connectivity index (χ3n) is 3.03. The molecule has 0 atom stereocenters. The molecule has 4 nitrogen and oxygen atoms in total. The Morgan fingerprint density at radius 1 is 1.22 bits per heavy atom. The van der Waals surface area contributed by atoms with Crippen LogP contribution in [0, 0.1) is 0 Å². The summed E-state index contributed by atoms with van der Waals surface area (Å²) in [6.07, 6.45) is 7.70. The van der Waals surface area contributed by atoms with Crippen molar-refractivity contribution in [1.82, 2.24) is 4.57 Å². The van der Waals surface area contributed by atoms with Crippen LogP contribution in [0.1, 0.15) is 51.0 Å². The SMILES string of the molecule is CCCCCCCCc1cccn(C(=O)O)c1=O. The zero-order valence-corrected chi connectivity index (χ0v) is 10.9. The van der Waals surface area contributed by atoms with E-state index in [0.717, 1.165) is 17.4 Å². The highest BCUT2D eigenvalue weighted by atomic mass is 16.4. The van der Waals surface area contributed by atoms with E-state index in [9.17, 15) is 9.59 Å². The molecule has 0 aliphatic carbocycles. The lowest BCUT2D eigenvalue weighted by Crippen LogP contribution is -2.27. The second kappa shape index (κ2) is 7.69. The summed E-state index contributed by atoms with van der Waals surface area (Å²) in [7, 11) is 0. The third-order valence-corrected chi connectivity index (χ3v) is 3.03. The molecule has 0 bridgehead atoms. The van der Waals surface area contributed by atoms with Crippen LogP contribution in [0.3, 0.4) is 0 Å². The van der Waals surface area contributed by atoms with Gasteiger partial charge in [-0.25, -0.2) is 9.36 Å². The normalized spacial score (nSPS) is 10.5. The number of aromatic nitrogens is 1. The molecule has 1 N–H and O–H groups in total. The van der Waals surface area contributed by atoms with E-state index in [4.69, 9.17) is 5.11 Å². The first-order valence-electron chi connectivity index (χ1n) is 6.60. The zero-order chi connectivity index (χ0) is 13.4. The zero-order valence-electron chi connectivity index (χ0n) is 10.9. The maximum Gasteiger partial charge on any atom is 0.418 e. The third kappa shape index (κ3) is 4.35. The van der Waals surface area contributed by atoms with Crippen LogP contribution in [-0.2, 0) is 6.42 Å². The molecule has 0 amide bonds. The first-order valence-corrected chi connectivity index (χ1v) is 6.60. The van der Waals surface area contributed by atoms with Gasteiger partial charge in [-0.2, -0.15) is 0 Å². The molecule has 1 heterocycles. The van der Waals surface area contributed by atoms with Crippen LogP contribution < -0.4 is 5.56 Å². The summed E-state index contributed by atoms with van der Waals surface area (Å²) in [5.74, 6) is 0. The average Bonchev–Trinajstić information content (AvgIpc) is 2.35. The average molecular weight is 251 g/mol. The van der Waals surface area contributed by atoms with E-state index < -0.39 is 11.7 Å². The summed E-state index contributed by atoms with van der Waals surface area (Å²) in [5.41, 5.74) is 0.189. The minimum atomic E-state index is -1.22. The summed E-state index contributed by atoms with van der Waals surface area (Å²) in [5, 5.41) is 8.82. The van der Waals surface area contributed by atoms with Crippen LogP contribution in [0.2, 0.25) is 0 Å². The lowest BCUT2D eigenvalue weighted by atomic mass is 10.1. The van der Waals surface area contributed by atoms with Crippen molar-refractivity contribution in [2.24, 2.45) is 0 Å². The Labute approximate surface area is 107 Å². The molecule has 0 unspecified atom stereocenters. The molecular formula is C14H21NO3. The quantitative estimate of drug-likeness (QED) is 0.756. The number of hydrogen-bond donors (Lipinski definition) is 1. The number of nitrogens with zero attached hydrogens (tertiary/aromatic N) is 1. The summed E-state index contributed by atoms with van der Waals surface area (Å²) in [4.78, 5) is 22.5. The molecule has 1 rings (SSSR count). The second-order valence-corrected chi connectivity index (χ2v) is 4.51. The summed E-state index contributed by atoms with van der Waals surface area (Å²) >= 11 is 0. The Balaban J connectivity index is 2.46. The van der Waals surface area contributed by atoms with Crippen LogP contribution in [0.25, 0.3) is 0 Å². The molecule has 1 aromatic rings. The lowest BCUT2D eigenvalue weighted by molar-refractivity contribution is 0.195. The van der Waals surface area contributed by atoms with Crippen molar-refractivity contribution < 1.29 is 9.90 Å². The second-order valence-electron chi connectivity index (χ2n) is 4.51. The first-order chi connectivity index (χ1) is 8.66. The van der Waals surface area contributed by atoms with E-state index in [-0.39, 0.29) is 0 Å². The molecule has 4 heteroatoms. The number of hydrogen-bond acceptors (Lipinski definition) is 2. The maximum absolute atomic E-state index is 11.8. The highest BCUT2D eigenvalue weighted by Gasteiger charge is 2.07. The number of aryl methyl sites for hydroxylation is 1. The topological polar surface area (TPSA) is 59.3 Å². The van der Waals surface area contributed by atoms with E-state index in [0.29, 0.717) is 12.0 Å². The van der Waals surface area contributed by atoms with E-state index in [1.807, 2.05) is 0 Å². The Morgan fingerprint density at radius 3 is 2.56 bits per heavy atom. The highest BCUT2D eigenvalue weighted by molar-refractivity contribution is 5.67. The summed E-state index contributed by atoms with van der Waals surface area (Å²) in [6.45, 7) is 2.18. The van der Waals surface area contributed by atoms with Crippen molar-refractivity contribution in [2.45, 2.75) is 51.9 Å². The van der Waals surface area contributed by atoms with Gasteiger partial charge in [-0.1, -0.05) is 45.1 Å². The van der Waals surface area contributed by atoms with Crippen molar-refractivity contribution in [1.29, 1.82) is 0 Å². The number of unbranched alkanes of at least 4 members (excludes halogenated alkanes) is 5. The first kappa shape index (κ1) is 14.5. The number of pyridine rings is 1. The Bertz CT molecular complexity index is 437. The van der Waals surface area contributed by atoms with Gasteiger partial charge in [0, 0.05) is 11.8 Å². The molecule has 0 saturated carbocycles. The predicted molar refractivity (Wildman–Crippen MR) is 71.2 cm³/mol. The smallest absolute Gasteiger partial charge is 0.418 e. The molecule has 0 radical (unpaired) electrons. The standard InChI is InChI=1S/C14H21NO3/c1-2-3-4-5-6-7-9-12-10-8-11-15(13(12)16)14(17)18/h8,10-11H,2-7,9H2,1H3,(H,17,18). The molecule has 0 aliphatic rings. The largest absolute Gasteiger partial charge is 0.464 e. The Morgan fingerprint density at radius 2 is 1.89 bits per heavy atom. The van der Waals surface area contributed by atoms with Crippen molar-refractivity contribution in [3.05, 3.63) is 34.2 Å². The lowest BCUT2D eigenvalue weighted by Gasteiger charge is -2.03. The number of carbonyl (C=O) groups is 1. The van der Waals surface area contributed by atoms with Crippen molar-refractivity contribution in [2.75, 3.05) is 0 Å². The van der Waals surface area contributed by atoms with Gasteiger partial charge >= 0.3 is 6.09 Å². The van der Waals surface area contributed by atoms with E-state index in [2.05, 4.69) is 6.92 Å². The summed E-state index contributed by atoms with van der Waals surface area (Å²) in [6, 6.07) is 3.33. The van der Waals surface area contributed by atoms with Gasteiger partial charge in [-0.3, -0.25) is 4.79 Å². The molecule has 18 heavy (non-hydrogen) atoms. The van der Waals surface area contributed by atoms with Crippen LogP contribution >= 0.6 is 0 Å². The minimum absolute atomic E-state index is 0.404. The Kier molecular flexibility index (Phi) is 6.19. The van der Waals surface area contributed by atoms with Gasteiger partial charge in [0.15, 0.2) is 0 Å². The number of rotatable bonds is 7. The monoisotopic (exact) mass is 251 g/mol. The van der Waals surface area contributed by atoms with Crippen LogP contribution in [0.4, 0.5) is 4.79 Å². The van der Waals surface area contributed by atoms with Crippen LogP contribution in [0.5, 0.6) is 0 Å². The fourth-order valence-corrected chi connectivity index (χ4v) is 1.98. The molecule has 0 aliphatic heterocycles. The van der Waals surface area contributed by atoms with Crippen molar-refractivity contribution in [3.8, 4) is 0 Å². The molecule has 1 aromatic heterocycles. The van der Waals surface area contributed by atoms with Gasteiger partial charge in [-0.05, 0) is 18.9 Å². The predicted octanol–water partition coefficient (Wildman–Crippen LogP) is 3.28. The maximum atomic E-state index is 11.8.